The fourth-order valence-electron chi connectivity index (χ4n) is 2.50. The summed E-state index contributed by atoms with van der Waals surface area (Å²) in [6.07, 6.45) is 4.08. The van der Waals surface area contributed by atoms with Gasteiger partial charge in [0.25, 0.3) is 0 Å². The van der Waals surface area contributed by atoms with Gasteiger partial charge in [0.05, 0.1) is 4.90 Å². The summed E-state index contributed by atoms with van der Waals surface area (Å²) in [7, 11) is -3.46. The number of benzene rings is 1. The highest BCUT2D eigenvalue weighted by molar-refractivity contribution is 7.89. The Labute approximate surface area is 121 Å². The molecule has 4 nitrogen and oxygen atoms in total. The molecule has 3 N–H and O–H groups in total. The van der Waals surface area contributed by atoms with Crippen molar-refractivity contribution in [3.8, 4) is 0 Å². The molecule has 1 aliphatic rings. The maximum absolute atomic E-state index is 12.5. The molecule has 0 aromatic heterocycles. The van der Waals surface area contributed by atoms with E-state index in [-0.39, 0.29) is 6.04 Å². The van der Waals surface area contributed by atoms with E-state index in [4.69, 9.17) is 5.73 Å². The Morgan fingerprint density at radius 1 is 1.40 bits per heavy atom. The predicted molar refractivity (Wildman–Crippen MR) is 80.8 cm³/mol. The summed E-state index contributed by atoms with van der Waals surface area (Å²) in [5, 5.41) is 0. The lowest BCUT2D eigenvalue weighted by molar-refractivity contribution is 0.529. The Kier molecular flexibility index (Phi) is 4.83. The van der Waals surface area contributed by atoms with E-state index in [2.05, 4.69) is 4.72 Å². The van der Waals surface area contributed by atoms with Gasteiger partial charge in [0.2, 0.25) is 10.0 Å². The quantitative estimate of drug-likeness (QED) is 0.810. The first-order chi connectivity index (χ1) is 9.46. The molecule has 5 heteroatoms. The lowest BCUT2D eigenvalue weighted by Gasteiger charge is -2.16. The highest BCUT2D eigenvalue weighted by Crippen LogP contribution is 2.33. The van der Waals surface area contributed by atoms with Crippen molar-refractivity contribution < 1.29 is 8.42 Å². The summed E-state index contributed by atoms with van der Waals surface area (Å²) in [4.78, 5) is 0.380. The Morgan fingerprint density at radius 3 is 2.65 bits per heavy atom. The van der Waals surface area contributed by atoms with Crippen molar-refractivity contribution >= 4 is 10.0 Å². The van der Waals surface area contributed by atoms with Crippen molar-refractivity contribution in [3.63, 3.8) is 0 Å². The minimum Gasteiger partial charge on any atom is -0.326 e. The van der Waals surface area contributed by atoms with Gasteiger partial charge in [-0.2, -0.15) is 0 Å². The number of rotatable bonds is 7. The predicted octanol–water partition coefficient (Wildman–Crippen LogP) is 2.17. The summed E-state index contributed by atoms with van der Waals surface area (Å²) in [6.45, 7) is 4.25. The zero-order valence-electron chi connectivity index (χ0n) is 12.2. The molecule has 0 bridgehead atoms. The van der Waals surface area contributed by atoms with E-state index in [0.29, 0.717) is 23.8 Å². The van der Waals surface area contributed by atoms with E-state index in [0.717, 1.165) is 17.5 Å². The maximum atomic E-state index is 12.5. The first-order valence-corrected chi connectivity index (χ1v) is 8.78. The van der Waals surface area contributed by atoms with Crippen molar-refractivity contribution in [1.82, 2.24) is 4.72 Å². The Hall–Kier alpha value is -0.910. The highest BCUT2D eigenvalue weighted by Gasteiger charge is 2.27. The molecule has 1 aromatic rings. The lowest BCUT2D eigenvalue weighted by atomic mass is 10.1. The molecular weight excluding hydrogens is 272 g/mol. The number of nitrogens with two attached hydrogens (primary N) is 1. The van der Waals surface area contributed by atoms with Gasteiger partial charge >= 0.3 is 0 Å². The third kappa shape index (κ3) is 3.81. The van der Waals surface area contributed by atoms with Crippen molar-refractivity contribution in [2.75, 3.05) is 0 Å². The number of hydrogen-bond donors (Lipinski definition) is 2. The monoisotopic (exact) mass is 296 g/mol. The van der Waals surface area contributed by atoms with Crippen LogP contribution in [0.5, 0.6) is 0 Å². The van der Waals surface area contributed by atoms with E-state index in [1.165, 1.54) is 12.8 Å². The number of nitrogens with one attached hydrogen (secondary N) is 1. The molecule has 0 saturated heterocycles. The van der Waals surface area contributed by atoms with Gasteiger partial charge in [0.15, 0.2) is 0 Å². The van der Waals surface area contributed by atoms with Crippen LogP contribution in [0.3, 0.4) is 0 Å². The summed E-state index contributed by atoms with van der Waals surface area (Å²) >= 11 is 0. The SMILES string of the molecule is CCc1ccc(CN)cc1S(=O)(=O)NC(C)CC1CC1. The van der Waals surface area contributed by atoms with Crippen LogP contribution in [0, 0.1) is 5.92 Å². The molecule has 1 fully saturated rings. The van der Waals surface area contributed by atoms with Crippen molar-refractivity contribution in [1.29, 1.82) is 0 Å². The molecule has 0 amide bonds. The molecule has 112 valence electrons. The molecule has 1 saturated carbocycles. The fourth-order valence-corrected chi connectivity index (χ4v) is 4.12. The summed E-state index contributed by atoms with van der Waals surface area (Å²) < 4.78 is 27.9. The van der Waals surface area contributed by atoms with Gasteiger partial charge in [-0.05, 0) is 42.9 Å². The van der Waals surface area contributed by atoms with Crippen LogP contribution in [0.1, 0.15) is 44.2 Å². The third-order valence-electron chi connectivity index (χ3n) is 3.78. The van der Waals surface area contributed by atoms with Crippen molar-refractivity contribution in [3.05, 3.63) is 29.3 Å². The van der Waals surface area contributed by atoms with Crippen LogP contribution in [0.15, 0.2) is 23.1 Å². The van der Waals surface area contributed by atoms with Crippen LogP contribution in [0.2, 0.25) is 0 Å². The van der Waals surface area contributed by atoms with Gasteiger partial charge < -0.3 is 5.73 Å². The van der Waals surface area contributed by atoms with Crippen molar-refractivity contribution in [2.24, 2.45) is 11.7 Å². The first-order valence-electron chi connectivity index (χ1n) is 7.30. The standard InChI is InChI=1S/C15H24N2O2S/c1-3-14-7-6-13(10-16)9-15(14)20(18,19)17-11(2)8-12-4-5-12/h6-7,9,11-12,17H,3-5,8,10,16H2,1-2H3. The molecule has 0 aliphatic heterocycles. The lowest BCUT2D eigenvalue weighted by Crippen LogP contribution is -2.33. The summed E-state index contributed by atoms with van der Waals surface area (Å²) in [6, 6.07) is 5.44. The van der Waals surface area contributed by atoms with E-state index in [9.17, 15) is 8.42 Å². The van der Waals surface area contributed by atoms with Gasteiger partial charge in [0, 0.05) is 12.6 Å². The minimum absolute atomic E-state index is 0.0151. The fraction of sp³-hybridized carbons (Fsp3) is 0.600. The molecule has 2 rings (SSSR count). The van der Waals surface area contributed by atoms with Crippen LogP contribution in [-0.2, 0) is 23.0 Å². The zero-order valence-corrected chi connectivity index (χ0v) is 13.0. The second kappa shape index (κ2) is 6.24. The van der Waals surface area contributed by atoms with Gasteiger partial charge in [-0.15, -0.1) is 0 Å². The van der Waals surface area contributed by atoms with Crippen LogP contribution >= 0.6 is 0 Å². The van der Waals surface area contributed by atoms with Crippen LogP contribution < -0.4 is 10.5 Å². The molecule has 0 spiro atoms. The maximum Gasteiger partial charge on any atom is 0.241 e. The Balaban J connectivity index is 2.22. The van der Waals surface area contributed by atoms with Crippen LogP contribution in [0.4, 0.5) is 0 Å². The molecule has 1 unspecified atom stereocenters. The van der Waals surface area contributed by atoms with Crippen LogP contribution in [0.25, 0.3) is 0 Å². The van der Waals surface area contributed by atoms with Gasteiger partial charge in [-0.25, -0.2) is 13.1 Å². The topological polar surface area (TPSA) is 72.2 Å². The second-order valence-electron chi connectivity index (χ2n) is 5.70. The molecule has 0 radical (unpaired) electrons. The largest absolute Gasteiger partial charge is 0.326 e. The van der Waals surface area contributed by atoms with E-state index in [1.54, 1.807) is 6.07 Å². The number of sulfonamides is 1. The smallest absolute Gasteiger partial charge is 0.241 e. The molecule has 1 aliphatic carbocycles. The van der Waals surface area contributed by atoms with Crippen LogP contribution in [-0.4, -0.2) is 14.5 Å². The minimum atomic E-state index is -3.46. The number of hydrogen-bond acceptors (Lipinski definition) is 3. The Morgan fingerprint density at radius 2 is 2.10 bits per heavy atom. The molecule has 1 aromatic carbocycles. The molecular formula is C15H24N2O2S. The number of aryl methyl sites for hydroxylation is 1. The first kappa shape index (κ1) is 15.5. The highest BCUT2D eigenvalue weighted by atomic mass is 32.2. The van der Waals surface area contributed by atoms with E-state index >= 15 is 0 Å². The molecule has 20 heavy (non-hydrogen) atoms. The average Bonchev–Trinajstić information content (AvgIpc) is 3.21. The molecule has 0 heterocycles. The Bertz CT molecular complexity index is 565. The summed E-state index contributed by atoms with van der Waals surface area (Å²) in [5.74, 6) is 0.703. The van der Waals surface area contributed by atoms with Gasteiger partial charge in [-0.3, -0.25) is 0 Å². The van der Waals surface area contributed by atoms with Gasteiger partial charge in [-0.1, -0.05) is 31.9 Å². The third-order valence-corrected chi connectivity index (χ3v) is 5.45. The van der Waals surface area contributed by atoms with E-state index < -0.39 is 10.0 Å². The van der Waals surface area contributed by atoms with Gasteiger partial charge in [0.1, 0.15) is 0 Å². The van der Waals surface area contributed by atoms with Crippen molar-refractivity contribution in [2.45, 2.75) is 57.0 Å². The summed E-state index contributed by atoms with van der Waals surface area (Å²) in [5.41, 5.74) is 7.30. The molecule has 1 atom stereocenters. The average molecular weight is 296 g/mol. The zero-order chi connectivity index (χ0) is 14.8. The normalized spacial score (nSPS) is 17.1. The second-order valence-corrected chi connectivity index (χ2v) is 7.38. The van der Waals surface area contributed by atoms with E-state index in [1.807, 2.05) is 26.0 Å².